The fraction of sp³-hybridized carbons (Fsp3) is 0.500. The molecule has 0 saturated carbocycles. The molecular weight excluding hydrogens is 419 g/mol. The molecule has 1 aromatic carbocycles. The number of aryl methyl sites for hydroxylation is 1. The van der Waals surface area contributed by atoms with E-state index >= 15 is 0 Å². The van der Waals surface area contributed by atoms with Crippen molar-refractivity contribution < 1.29 is 28.2 Å². The molecule has 1 aromatic heterocycles. The van der Waals surface area contributed by atoms with E-state index in [2.05, 4.69) is 5.10 Å². The van der Waals surface area contributed by atoms with Crippen LogP contribution in [0.5, 0.6) is 5.75 Å². The number of morpholine rings is 2. The number of hydrogen-bond donors (Lipinski definition) is 0. The summed E-state index contributed by atoms with van der Waals surface area (Å²) in [5.41, 5.74) is -0.573. The summed E-state index contributed by atoms with van der Waals surface area (Å²) < 4.78 is 32.1. The maximum Gasteiger partial charge on any atom is 0.272 e. The van der Waals surface area contributed by atoms with Crippen molar-refractivity contribution >= 4 is 11.8 Å². The number of ether oxygens (including phenoxy) is 3. The Morgan fingerprint density at radius 3 is 2.50 bits per heavy atom. The minimum Gasteiger partial charge on any atom is -0.490 e. The summed E-state index contributed by atoms with van der Waals surface area (Å²) in [5.74, 6) is -0.163. The number of aromatic nitrogens is 2. The lowest BCUT2D eigenvalue weighted by Crippen LogP contribution is -2.59. The molecule has 2 amide bonds. The summed E-state index contributed by atoms with van der Waals surface area (Å²) in [4.78, 5) is 29.6. The second kappa shape index (κ2) is 9.66. The fourth-order valence-electron chi connectivity index (χ4n) is 3.96. The molecule has 0 unspecified atom stereocenters. The Balaban J connectivity index is 1.52. The highest BCUT2D eigenvalue weighted by Crippen LogP contribution is 2.26. The standard InChI is InChI=1S/C22H27FN4O5/c1-25-19(6-7-24-25)21(29)27-10-13-32-22(15-27,14-20(28)26-8-11-30-12-9-26)16-31-18-4-2-17(23)3-5-18/h2-7H,8-16H2,1H3/t22-/m1/s1. The van der Waals surface area contributed by atoms with Crippen LogP contribution in [0.2, 0.25) is 0 Å². The van der Waals surface area contributed by atoms with Crippen molar-refractivity contribution in [2.24, 2.45) is 7.05 Å². The number of rotatable bonds is 6. The van der Waals surface area contributed by atoms with Gasteiger partial charge in [-0.25, -0.2) is 4.39 Å². The molecule has 2 aliphatic rings. The zero-order chi connectivity index (χ0) is 22.6. The molecule has 2 aromatic rings. The van der Waals surface area contributed by atoms with Crippen LogP contribution in [-0.4, -0.2) is 89.6 Å². The molecule has 2 aliphatic heterocycles. The van der Waals surface area contributed by atoms with Crippen LogP contribution in [0, 0.1) is 5.82 Å². The van der Waals surface area contributed by atoms with Crippen molar-refractivity contribution in [1.29, 1.82) is 0 Å². The predicted molar refractivity (Wildman–Crippen MR) is 112 cm³/mol. The number of halogens is 1. The van der Waals surface area contributed by atoms with E-state index in [4.69, 9.17) is 14.2 Å². The first-order chi connectivity index (χ1) is 15.5. The highest BCUT2D eigenvalue weighted by atomic mass is 19.1. The number of carbonyl (C=O) groups excluding carboxylic acids is 2. The first-order valence-corrected chi connectivity index (χ1v) is 10.6. The van der Waals surface area contributed by atoms with Crippen LogP contribution in [0.4, 0.5) is 4.39 Å². The lowest BCUT2D eigenvalue weighted by Gasteiger charge is -2.43. The van der Waals surface area contributed by atoms with E-state index in [1.807, 2.05) is 0 Å². The maximum absolute atomic E-state index is 13.3. The molecular formula is C22H27FN4O5. The summed E-state index contributed by atoms with van der Waals surface area (Å²) in [6, 6.07) is 7.32. The van der Waals surface area contributed by atoms with Crippen LogP contribution in [0.25, 0.3) is 0 Å². The minimum absolute atomic E-state index is 0.0455. The van der Waals surface area contributed by atoms with Gasteiger partial charge < -0.3 is 24.0 Å². The van der Waals surface area contributed by atoms with Gasteiger partial charge in [0.15, 0.2) is 0 Å². The van der Waals surface area contributed by atoms with E-state index < -0.39 is 5.60 Å². The summed E-state index contributed by atoms with van der Waals surface area (Å²) in [6.45, 7) is 2.93. The number of nitrogens with zero attached hydrogens (tertiary/aromatic N) is 4. The van der Waals surface area contributed by atoms with Crippen molar-refractivity contribution in [3.8, 4) is 5.75 Å². The summed E-state index contributed by atoms with van der Waals surface area (Å²) in [6.07, 6.45) is 1.63. The van der Waals surface area contributed by atoms with Crippen LogP contribution < -0.4 is 4.74 Å². The average molecular weight is 446 g/mol. The number of carbonyl (C=O) groups is 2. The van der Waals surface area contributed by atoms with Gasteiger partial charge in [-0.15, -0.1) is 0 Å². The smallest absolute Gasteiger partial charge is 0.272 e. The van der Waals surface area contributed by atoms with Crippen molar-refractivity contribution in [3.63, 3.8) is 0 Å². The van der Waals surface area contributed by atoms with Crippen molar-refractivity contribution in [2.45, 2.75) is 12.0 Å². The largest absolute Gasteiger partial charge is 0.490 e. The predicted octanol–water partition coefficient (Wildman–Crippen LogP) is 1.10. The number of amides is 2. The van der Waals surface area contributed by atoms with E-state index in [0.717, 1.165) is 0 Å². The van der Waals surface area contributed by atoms with Gasteiger partial charge in [-0.2, -0.15) is 5.10 Å². The summed E-state index contributed by atoms with van der Waals surface area (Å²) >= 11 is 0. The van der Waals surface area contributed by atoms with Gasteiger partial charge in [0.25, 0.3) is 5.91 Å². The zero-order valence-corrected chi connectivity index (χ0v) is 18.0. The first kappa shape index (κ1) is 22.2. The number of hydrogen-bond acceptors (Lipinski definition) is 6. The number of benzene rings is 1. The third-order valence-electron chi connectivity index (χ3n) is 5.73. The Kier molecular flexibility index (Phi) is 6.71. The summed E-state index contributed by atoms with van der Waals surface area (Å²) in [7, 11) is 1.71. The highest BCUT2D eigenvalue weighted by molar-refractivity contribution is 5.92. The fourth-order valence-corrected chi connectivity index (χ4v) is 3.96. The Bertz CT molecular complexity index is 944. The molecule has 2 fully saturated rings. The second-order valence-corrected chi connectivity index (χ2v) is 8.01. The van der Waals surface area contributed by atoms with E-state index in [0.29, 0.717) is 44.3 Å². The molecule has 4 rings (SSSR count). The zero-order valence-electron chi connectivity index (χ0n) is 18.0. The molecule has 0 aliphatic carbocycles. The van der Waals surface area contributed by atoms with Crippen molar-refractivity contribution in [3.05, 3.63) is 48.0 Å². The maximum atomic E-state index is 13.3. The first-order valence-electron chi connectivity index (χ1n) is 10.6. The minimum atomic E-state index is -1.03. The van der Waals surface area contributed by atoms with Crippen LogP contribution in [0.3, 0.4) is 0 Å². The van der Waals surface area contributed by atoms with E-state index in [-0.39, 0.29) is 43.8 Å². The lowest BCUT2D eigenvalue weighted by molar-refractivity contribution is -0.155. The third kappa shape index (κ3) is 5.08. The average Bonchev–Trinajstić information content (AvgIpc) is 3.25. The van der Waals surface area contributed by atoms with Gasteiger partial charge in [0.1, 0.15) is 29.5 Å². The van der Waals surface area contributed by atoms with Gasteiger partial charge in [0.05, 0.1) is 32.8 Å². The molecule has 1 atom stereocenters. The van der Waals surface area contributed by atoms with Gasteiger partial charge in [0, 0.05) is 32.9 Å². The molecule has 172 valence electrons. The molecule has 0 bridgehead atoms. The van der Waals surface area contributed by atoms with E-state index in [1.165, 1.54) is 28.9 Å². The molecule has 2 saturated heterocycles. The van der Waals surface area contributed by atoms with Gasteiger partial charge in [0.2, 0.25) is 5.91 Å². The van der Waals surface area contributed by atoms with Crippen LogP contribution in [0.15, 0.2) is 36.5 Å². The van der Waals surface area contributed by atoms with Crippen LogP contribution >= 0.6 is 0 Å². The molecule has 9 nitrogen and oxygen atoms in total. The Labute approximate surface area is 185 Å². The van der Waals surface area contributed by atoms with Crippen molar-refractivity contribution in [2.75, 3.05) is 52.6 Å². The Morgan fingerprint density at radius 1 is 1.09 bits per heavy atom. The normalized spacial score (nSPS) is 21.4. The van der Waals surface area contributed by atoms with Gasteiger partial charge in [-0.1, -0.05) is 0 Å². The van der Waals surface area contributed by atoms with E-state index in [1.54, 1.807) is 29.1 Å². The molecule has 32 heavy (non-hydrogen) atoms. The molecule has 0 N–H and O–H groups in total. The Morgan fingerprint density at radius 2 is 1.81 bits per heavy atom. The quantitative estimate of drug-likeness (QED) is 0.661. The SMILES string of the molecule is Cn1nccc1C(=O)N1CCO[C@](COc2ccc(F)cc2)(CC(=O)N2CCOCC2)C1. The Hall–Kier alpha value is -2.98. The lowest BCUT2D eigenvalue weighted by atomic mass is 9.96. The second-order valence-electron chi connectivity index (χ2n) is 8.01. The molecule has 3 heterocycles. The molecule has 0 radical (unpaired) electrons. The third-order valence-corrected chi connectivity index (χ3v) is 5.73. The molecule has 10 heteroatoms. The van der Waals surface area contributed by atoms with Gasteiger partial charge in [-0.3, -0.25) is 14.3 Å². The monoisotopic (exact) mass is 446 g/mol. The highest BCUT2D eigenvalue weighted by Gasteiger charge is 2.43. The van der Waals surface area contributed by atoms with Gasteiger partial charge >= 0.3 is 0 Å². The summed E-state index contributed by atoms with van der Waals surface area (Å²) in [5, 5.41) is 4.07. The van der Waals surface area contributed by atoms with Gasteiger partial charge in [-0.05, 0) is 30.3 Å². The van der Waals surface area contributed by atoms with Crippen molar-refractivity contribution in [1.82, 2.24) is 19.6 Å². The topological polar surface area (TPSA) is 86.1 Å². The van der Waals surface area contributed by atoms with E-state index in [9.17, 15) is 14.0 Å². The van der Waals surface area contributed by atoms with Crippen LogP contribution in [0.1, 0.15) is 16.9 Å². The van der Waals surface area contributed by atoms with Crippen LogP contribution in [-0.2, 0) is 21.3 Å². The molecule has 0 spiro atoms.